The maximum atomic E-state index is 6.17. The molecular weight excluding hydrogens is 210 g/mol. The van der Waals surface area contributed by atoms with Crippen LogP contribution in [-0.4, -0.2) is 22.4 Å². The van der Waals surface area contributed by atoms with Crippen molar-refractivity contribution in [3.8, 4) is 0 Å². The maximum Gasteiger partial charge on any atom is 0.0846 e. The van der Waals surface area contributed by atoms with E-state index in [-0.39, 0.29) is 0 Å². The van der Waals surface area contributed by atoms with Crippen LogP contribution in [0.3, 0.4) is 0 Å². The third kappa shape index (κ3) is 3.21. The van der Waals surface area contributed by atoms with E-state index in [2.05, 4.69) is 24.3 Å². The van der Waals surface area contributed by atoms with Crippen molar-refractivity contribution in [2.75, 3.05) is 6.54 Å². The van der Waals surface area contributed by atoms with Gasteiger partial charge in [0.25, 0.3) is 0 Å². The lowest BCUT2D eigenvalue weighted by molar-refractivity contribution is 0.520. The second kappa shape index (κ2) is 5.52. The summed E-state index contributed by atoms with van der Waals surface area (Å²) in [6.45, 7) is 7.27. The lowest BCUT2D eigenvalue weighted by Crippen LogP contribution is -2.26. The molecule has 0 aromatic carbocycles. The molecule has 3 nitrogen and oxygen atoms in total. The van der Waals surface area contributed by atoms with E-state index in [9.17, 15) is 0 Å². The highest BCUT2D eigenvalue weighted by Crippen LogP contribution is 2.20. The minimum absolute atomic E-state index is 0.529. The van der Waals surface area contributed by atoms with Crippen LogP contribution in [-0.2, 0) is 13.5 Å². The van der Waals surface area contributed by atoms with Crippen LogP contribution in [0, 0.1) is 6.92 Å². The second-order valence-corrected chi connectivity index (χ2v) is 4.35. The second-order valence-electron chi connectivity index (χ2n) is 3.97. The normalized spacial score (nSPS) is 13.1. The SMILES string of the molecule is CCNC(C)CCc1c(Cl)c(C)nn1C. The number of aryl methyl sites for hydroxylation is 2. The lowest BCUT2D eigenvalue weighted by Gasteiger charge is -2.11. The van der Waals surface area contributed by atoms with E-state index in [1.54, 1.807) is 0 Å². The Balaban J connectivity index is 2.57. The molecule has 15 heavy (non-hydrogen) atoms. The molecule has 0 saturated heterocycles. The number of nitrogens with one attached hydrogen (secondary N) is 1. The Morgan fingerprint density at radius 2 is 2.20 bits per heavy atom. The highest BCUT2D eigenvalue weighted by molar-refractivity contribution is 6.31. The van der Waals surface area contributed by atoms with E-state index in [1.165, 1.54) is 0 Å². The Morgan fingerprint density at radius 1 is 1.53 bits per heavy atom. The molecule has 0 aliphatic carbocycles. The van der Waals surface area contributed by atoms with Crippen molar-refractivity contribution in [3.05, 3.63) is 16.4 Å². The molecule has 0 bridgehead atoms. The van der Waals surface area contributed by atoms with Crippen molar-refractivity contribution in [3.63, 3.8) is 0 Å². The van der Waals surface area contributed by atoms with Crippen LogP contribution < -0.4 is 5.32 Å². The van der Waals surface area contributed by atoms with Gasteiger partial charge in [-0.3, -0.25) is 4.68 Å². The van der Waals surface area contributed by atoms with Crippen molar-refractivity contribution < 1.29 is 0 Å². The zero-order chi connectivity index (χ0) is 11.4. The van der Waals surface area contributed by atoms with Gasteiger partial charge in [0, 0.05) is 13.1 Å². The Labute approximate surface area is 96.8 Å². The first-order valence-electron chi connectivity index (χ1n) is 5.47. The Hall–Kier alpha value is -0.540. The van der Waals surface area contributed by atoms with Crippen LogP contribution in [0.4, 0.5) is 0 Å². The van der Waals surface area contributed by atoms with Crippen LogP contribution >= 0.6 is 11.6 Å². The first-order valence-corrected chi connectivity index (χ1v) is 5.85. The Kier molecular flexibility index (Phi) is 4.61. The summed E-state index contributed by atoms with van der Waals surface area (Å²) in [6.07, 6.45) is 2.07. The lowest BCUT2D eigenvalue weighted by atomic mass is 10.1. The Morgan fingerprint density at radius 3 is 2.67 bits per heavy atom. The summed E-state index contributed by atoms with van der Waals surface area (Å²) < 4.78 is 1.89. The van der Waals surface area contributed by atoms with Crippen LogP contribution in [0.5, 0.6) is 0 Å². The molecule has 1 aromatic rings. The Bertz CT molecular complexity index is 320. The van der Waals surface area contributed by atoms with E-state index < -0.39 is 0 Å². The predicted molar refractivity (Wildman–Crippen MR) is 64.4 cm³/mol. The van der Waals surface area contributed by atoms with Crippen LogP contribution in [0.2, 0.25) is 5.02 Å². The van der Waals surface area contributed by atoms with E-state index in [0.29, 0.717) is 6.04 Å². The molecule has 0 aliphatic heterocycles. The third-order valence-electron chi connectivity index (χ3n) is 2.63. The van der Waals surface area contributed by atoms with Gasteiger partial charge in [0.15, 0.2) is 0 Å². The molecule has 0 radical (unpaired) electrons. The largest absolute Gasteiger partial charge is 0.315 e. The third-order valence-corrected chi connectivity index (χ3v) is 3.12. The average molecular weight is 230 g/mol. The number of hydrogen-bond acceptors (Lipinski definition) is 2. The smallest absolute Gasteiger partial charge is 0.0846 e. The van der Waals surface area contributed by atoms with Gasteiger partial charge in [-0.05, 0) is 33.2 Å². The number of nitrogens with zero attached hydrogens (tertiary/aromatic N) is 2. The summed E-state index contributed by atoms with van der Waals surface area (Å²) in [5, 5.41) is 8.51. The molecule has 0 spiro atoms. The van der Waals surface area contributed by atoms with Gasteiger partial charge in [-0.2, -0.15) is 5.10 Å². The van der Waals surface area contributed by atoms with Crippen molar-refractivity contribution in [1.82, 2.24) is 15.1 Å². The summed E-state index contributed by atoms with van der Waals surface area (Å²) in [5.74, 6) is 0. The van der Waals surface area contributed by atoms with E-state index in [0.717, 1.165) is 35.8 Å². The standard InChI is InChI=1S/C11H20ClN3/c1-5-13-8(2)6-7-10-11(12)9(3)14-15(10)4/h8,13H,5-7H2,1-4H3. The zero-order valence-corrected chi connectivity index (χ0v) is 10.7. The van der Waals surface area contributed by atoms with Gasteiger partial charge in [0.2, 0.25) is 0 Å². The average Bonchev–Trinajstić information content (AvgIpc) is 2.40. The van der Waals surface area contributed by atoms with Gasteiger partial charge >= 0.3 is 0 Å². The molecule has 1 unspecified atom stereocenters. The fraction of sp³-hybridized carbons (Fsp3) is 0.727. The minimum Gasteiger partial charge on any atom is -0.315 e. The molecule has 4 heteroatoms. The van der Waals surface area contributed by atoms with Crippen molar-refractivity contribution in [2.45, 2.75) is 39.7 Å². The topological polar surface area (TPSA) is 29.9 Å². The zero-order valence-electron chi connectivity index (χ0n) is 9.97. The van der Waals surface area contributed by atoms with Gasteiger partial charge in [0.05, 0.1) is 16.4 Å². The number of rotatable bonds is 5. The van der Waals surface area contributed by atoms with Crippen molar-refractivity contribution in [2.24, 2.45) is 7.05 Å². The first-order chi connectivity index (χ1) is 7.06. The molecule has 1 atom stereocenters. The van der Waals surface area contributed by atoms with Crippen molar-refractivity contribution in [1.29, 1.82) is 0 Å². The molecule has 1 rings (SSSR count). The summed E-state index contributed by atoms with van der Waals surface area (Å²) in [5.41, 5.74) is 2.06. The molecular formula is C11H20ClN3. The summed E-state index contributed by atoms with van der Waals surface area (Å²) in [7, 11) is 1.95. The van der Waals surface area contributed by atoms with Gasteiger partial charge in [-0.15, -0.1) is 0 Å². The molecule has 1 aromatic heterocycles. The van der Waals surface area contributed by atoms with Gasteiger partial charge < -0.3 is 5.32 Å². The molecule has 0 fully saturated rings. The van der Waals surface area contributed by atoms with E-state index in [4.69, 9.17) is 11.6 Å². The van der Waals surface area contributed by atoms with Gasteiger partial charge in [0.1, 0.15) is 0 Å². The van der Waals surface area contributed by atoms with Gasteiger partial charge in [-0.1, -0.05) is 18.5 Å². The van der Waals surface area contributed by atoms with E-state index >= 15 is 0 Å². The highest BCUT2D eigenvalue weighted by Gasteiger charge is 2.11. The maximum absolute atomic E-state index is 6.17. The predicted octanol–water partition coefficient (Wildman–Crippen LogP) is 2.31. The number of hydrogen-bond donors (Lipinski definition) is 1. The molecule has 0 amide bonds. The first kappa shape index (κ1) is 12.5. The molecule has 1 N–H and O–H groups in total. The fourth-order valence-electron chi connectivity index (χ4n) is 1.76. The molecule has 0 aliphatic rings. The molecule has 86 valence electrons. The number of aromatic nitrogens is 2. The van der Waals surface area contributed by atoms with E-state index in [1.807, 2.05) is 18.7 Å². The minimum atomic E-state index is 0.529. The number of halogens is 1. The van der Waals surface area contributed by atoms with Crippen LogP contribution in [0.15, 0.2) is 0 Å². The molecule has 1 heterocycles. The summed E-state index contributed by atoms with van der Waals surface area (Å²) in [6, 6.07) is 0.529. The quantitative estimate of drug-likeness (QED) is 0.840. The fourth-order valence-corrected chi connectivity index (χ4v) is 2.01. The summed E-state index contributed by atoms with van der Waals surface area (Å²) in [4.78, 5) is 0. The monoisotopic (exact) mass is 229 g/mol. The molecule has 0 saturated carbocycles. The summed E-state index contributed by atoms with van der Waals surface area (Å²) >= 11 is 6.17. The highest BCUT2D eigenvalue weighted by atomic mass is 35.5. The van der Waals surface area contributed by atoms with Crippen molar-refractivity contribution >= 4 is 11.6 Å². The van der Waals surface area contributed by atoms with Crippen LogP contribution in [0.25, 0.3) is 0 Å². The van der Waals surface area contributed by atoms with Gasteiger partial charge in [-0.25, -0.2) is 0 Å². The van der Waals surface area contributed by atoms with Crippen LogP contribution in [0.1, 0.15) is 31.7 Å².